The van der Waals surface area contributed by atoms with E-state index in [2.05, 4.69) is 86.6 Å². The molecule has 0 saturated heterocycles. The zero-order valence-corrected chi connectivity index (χ0v) is 20.4. The van der Waals surface area contributed by atoms with E-state index in [0.29, 0.717) is 13.2 Å². The third-order valence-electron chi connectivity index (χ3n) is 6.20. The number of hydrogen-bond acceptors (Lipinski definition) is 4. The molecule has 0 amide bonds. The maximum Gasteiger partial charge on any atom is 0.196 e. The maximum atomic E-state index is 6.13. The fourth-order valence-electron chi connectivity index (χ4n) is 3.71. The maximum absolute atomic E-state index is 6.13. The van der Waals surface area contributed by atoms with Crippen LogP contribution in [-0.2, 0) is 21.3 Å². The molecule has 0 unspecified atom stereocenters. The molecule has 30 heavy (non-hydrogen) atoms. The lowest BCUT2D eigenvalue weighted by molar-refractivity contribution is 0.222. The summed E-state index contributed by atoms with van der Waals surface area (Å²) >= 11 is 0. The summed E-state index contributed by atoms with van der Waals surface area (Å²) in [5.74, 6) is 1.50. The highest BCUT2D eigenvalue weighted by atomic mass is 16.5. The van der Waals surface area contributed by atoms with E-state index in [1.807, 2.05) is 0 Å². The zero-order chi connectivity index (χ0) is 22.3. The molecule has 3 rings (SSSR count). The van der Waals surface area contributed by atoms with Gasteiger partial charge >= 0.3 is 0 Å². The van der Waals surface area contributed by atoms with Gasteiger partial charge in [0, 0.05) is 0 Å². The fraction of sp³-hybridized carbons (Fsp3) is 0.692. The minimum Gasteiger partial charge on any atom is -0.478 e. The van der Waals surface area contributed by atoms with Gasteiger partial charge in [0.15, 0.2) is 11.8 Å². The summed E-state index contributed by atoms with van der Waals surface area (Å²) in [4.78, 5) is 9.96. The molecule has 4 nitrogen and oxygen atoms in total. The van der Waals surface area contributed by atoms with Crippen LogP contribution in [0, 0.1) is 16.7 Å². The first-order valence-electron chi connectivity index (χ1n) is 11.3. The standard InChI is InChI=1S/C26H40N2O2/c1-24(2,3)18-12-10-17(11-13-18)14-19(22-27-20(15-29-22)25(4,5)6)23-28-21(16-30-23)26(7,8)9/h10-13,19-21H,14-16H2,1-9H3/t20-,21-/m0/s1. The Balaban J connectivity index is 1.89. The van der Waals surface area contributed by atoms with Crippen LogP contribution in [0.4, 0.5) is 0 Å². The smallest absolute Gasteiger partial charge is 0.196 e. The Hall–Kier alpha value is -1.84. The summed E-state index contributed by atoms with van der Waals surface area (Å²) in [5.41, 5.74) is 2.89. The van der Waals surface area contributed by atoms with Crippen molar-refractivity contribution in [3.8, 4) is 0 Å². The lowest BCUT2D eigenvalue weighted by Crippen LogP contribution is -2.27. The van der Waals surface area contributed by atoms with Gasteiger partial charge in [0.1, 0.15) is 19.1 Å². The zero-order valence-electron chi connectivity index (χ0n) is 20.4. The van der Waals surface area contributed by atoms with Crippen LogP contribution < -0.4 is 0 Å². The van der Waals surface area contributed by atoms with Gasteiger partial charge in [-0.1, -0.05) is 86.6 Å². The van der Waals surface area contributed by atoms with Crippen LogP contribution in [0.1, 0.15) is 73.4 Å². The molecule has 0 spiro atoms. The Labute approximate surface area is 183 Å². The van der Waals surface area contributed by atoms with E-state index in [9.17, 15) is 0 Å². The van der Waals surface area contributed by atoms with Crippen molar-refractivity contribution in [2.75, 3.05) is 13.2 Å². The Kier molecular flexibility index (Phi) is 6.10. The first kappa shape index (κ1) is 22.8. The number of nitrogens with zero attached hydrogens (tertiary/aromatic N) is 2. The van der Waals surface area contributed by atoms with Gasteiger partial charge in [-0.2, -0.15) is 0 Å². The van der Waals surface area contributed by atoms with Crippen molar-refractivity contribution in [2.24, 2.45) is 26.7 Å². The van der Waals surface area contributed by atoms with Crippen LogP contribution >= 0.6 is 0 Å². The van der Waals surface area contributed by atoms with E-state index in [4.69, 9.17) is 19.5 Å². The Morgan fingerprint density at radius 3 is 1.53 bits per heavy atom. The highest BCUT2D eigenvalue weighted by molar-refractivity contribution is 6.01. The predicted molar refractivity (Wildman–Crippen MR) is 126 cm³/mol. The number of aliphatic imine (C=N–C) groups is 2. The van der Waals surface area contributed by atoms with Crippen molar-refractivity contribution >= 4 is 11.8 Å². The topological polar surface area (TPSA) is 43.2 Å². The Bertz CT molecular complexity index is 761. The highest BCUT2D eigenvalue weighted by Crippen LogP contribution is 2.32. The molecule has 4 heteroatoms. The average molecular weight is 413 g/mol. The summed E-state index contributed by atoms with van der Waals surface area (Å²) in [7, 11) is 0. The molecular weight excluding hydrogens is 372 g/mol. The van der Waals surface area contributed by atoms with Gasteiger partial charge in [-0.15, -0.1) is 0 Å². The molecule has 2 atom stereocenters. The lowest BCUT2D eigenvalue weighted by atomic mass is 9.86. The van der Waals surface area contributed by atoms with E-state index >= 15 is 0 Å². The van der Waals surface area contributed by atoms with Gasteiger partial charge in [0.05, 0.1) is 12.1 Å². The third-order valence-corrected chi connectivity index (χ3v) is 6.20. The highest BCUT2D eigenvalue weighted by Gasteiger charge is 2.39. The van der Waals surface area contributed by atoms with Crippen molar-refractivity contribution in [1.29, 1.82) is 0 Å². The number of benzene rings is 1. The monoisotopic (exact) mass is 412 g/mol. The molecule has 0 radical (unpaired) electrons. The largest absolute Gasteiger partial charge is 0.478 e. The van der Waals surface area contributed by atoms with Crippen molar-refractivity contribution < 1.29 is 9.47 Å². The molecule has 0 bridgehead atoms. The van der Waals surface area contributed by atoms with Crippen molar-refractivity contribution in [3.05, 3.63) is 35.4 Å². The molecule has 0 fully saturated rings. The molecule has 2 aliphatic rings. The molecular formula is C26H40N2O2. The van der Waals surface area contributed by atoms with Crippen molar-refractivity contribution in [3.63, 3.8) is 0 Å². The molecule has 166 valence electrons. The summed E-state index contributed by atoms with van der Waals surface area (Å²) in [6.45, 7) is 21.3. The first-order valence-corrected chi connectivity index (χ1v) is 11.3. The predicted octanol–water partition coefficient (Wildman–Crippen LogP) is 5.83. The number of ether oxygens (including phenoxy) is 2. The Morgan fingerprint density at radius 1 is 0.767 bits per heavy atom. The summed E-state index contributed by atoms with van der Waals surface area (Å²) in [5, 5.41) is 0. The second-order valence-electron chi connectivity index (χ2n) is 12.0. The lowest BCUT2D eigenvalue weighted by Gasteiger charge is -2.22. The molecule has 0 aliphatic carbocycles. The van der Waals surface area contributed by atoms with E-state index in [1.54, 1.807) is 0 Å². The SMILES string of the molecule is CC(C)(C)c1ccc(CC(C2=N[C@H](C(C)(C)C)CO2)C2=N[C@H](C(C)(C)C)CO2)cc1. The molecule has 2 heterocycles. The summed E-state index contributed by atoms with van der Waals surface area (Å²) in [6, 6.07) is 9.24. The minimum atomic E-state index is -0.0646. The molecule has 1 aromatic rings. The second-order valence-corrected chi connectivity index (χ2v) is 12.0. The summed E-state index contributed by atoms with van der Waals surface area (Å²) in [6.07, 6.45) is 0.788. The second kappa shape index (κ2) is 8.01. The van der Waals surface area contributed by atoms with E-state index in [-0.39, 0.29) is 34.2 Å². The average Bonchev–Trinajstić information content (AvgIpc) is 3.28. The number of hydrogen-bond donors (Lipinski definition) is 0. The van der Waals surface area contributed by atoms with Crippen molar-refractivity contribution in [2.45, 2.75) is 86.2 Å². The molecule has 0 aromatic heterocycles. The number of rotatable bonds is 4. The van der Waals surface area contributed by atoms with Gasteiger partial charge in [0.25, 0.3) is 0 Å². The normalized spacial score (nSPS) is 22.6. The molecule has 0 N–H and O–H groups in total. The molecule has 0 saturated carbocycles. The van der Waals surface area contributed by atoms with Crippen molar-refractivity contribution in [1.82, 2.24) is 0 Å². The van der Waals surface area contributed by atoms with Gasteiger partial charge in [0.2, 0.25) is 0 Å². The van der Waals surface area contributed by atoms with E-state index in [0.717, 1.165) is 18.2 Å². The third kappa shape index (κ3) is 5.25. The van der Waals surface area contributed by atoms with Crippen LogP contribution in [0.5, 0.6) is 0 Å². The van der Waals surface area contributed by atoms with Gasteiger partial charge < -0.3 is 9.47 Å². The quantitative estimate of drug-likeness (QED) is 0.624. The molecule has 1 aromatic carbocycles. The minimum absolute atomic E-state index is 0.0646. The fourth-order valence-corrected chi connectivity index (χ4v) is 3.71. The van der Waals surface area contributed by atoms with Crippen LogP contribution in [0.25, 0.3) is 0 Å². The van der Waals surface area contributed by atoms with Crippen LogP contribution in [0.15, 0.2) is 34.3 Å². The Morgan fingerprint density at radius 2 is 1.20 bits per heavy atom. The first-order chi connectivity index (χ1) is 13.7. The van der Waals surface area contributed by atoms with Crippen LogP contribution in [-0.4, -0.2) is 37.1 Å². The van der Waals surface area contributed by atoms with Gasteiger partial charge in [-0.05, 0) is 33.8 Å². The van der Waals surface area contributed by atoms with Gasteiger partial charge in [-0.3, -0.25) is 0 Å². The molecule has 2 aliphatic heterocycles. The van der Waals surface area contributed by atoms with Crippen LogP contribution in [0.3, 0.4) is 0 Å². The summed E-state index contributed by atoms with van der Waals surface area (Å²) < 4.78 is 12.3. The van der Waals surface area contributed by atoms with Gasteiger partial charge in [-0.25, -0.2) is 9.98 Å². The van der Waals surface area contributed by atoms with E-state index in [1.165, 1.54) is 11.1 Å². The van der Waals surface area contributed by atoms with E-state index < -0.39 is 0 Å². The van der Waals surface area contributed by atoms with Crippen LogP contribution in [0.2, 0.25) is 0 Å².